The van der Waals surface area contributed by atoms with E-state index in [9.17, 15) is 0 Å². The molecule has 0 aliphatic rings. The first-order valence-electron chi connectivity index (χ1n) is 5.30. The average Bonchev–Trinajstić information content (AvgIpc) is 2.36. The maximum absolute atomic E-state index is 6.27. The van der Waals surface area contributed by atoms with Crippen molar-refractivity contribution in [3.8, 4) is 0 Å². The van der Waals surface area contributed by atoms with Crippen molar-refractivity contribution in [3.05, 3.63) is 48.0 Å². The van der Waals surface area contributed by atoms with Crippen LogP contribution in [0.5, 0.6) is 0 Å². The van der Waals surface area contributed by atoms with Crippen LogP contribution in [0.3, 0.4) is 0 Å². The Morgan fingerprint density at radius 2 is 1.45 bits per heavy atom. The molecule has 0 nitrogen and oxygen atoms in total. The van der Waals surface area contributed by atoms with E-state index in [0.717, 1.165) is 10.8 Å². The van der Waals surface area contributed by atoms with Gasteiger partial charge in [-0.2, -0.15) is 0 Å². The molecule has 7 heteroatoms. The zero-order valence-electron chi connectivity index (χ0n) is 9.61. The van der Waals surface area contributed by atoms with Crippen LogP contribution in [0.2, 0.25) is 0 Å². The SMILES string of the molecule is ClC(Cl)(Cl)C(Cl)(Cl)C(Cl)(Cl)c1c[c]c2ccccc2c1. The molecular weight excluding hydrogens is 404 g/mol. The van der Waals surface area contributed by atoms with E-state index < -0.39 is 12.5 Å². The third kappa shape index (κ3) is 2.94. The molecule has 2 aromatic carbocycles. The fraction of sp³-hybridized carbons (Fsp3) is 0.231. The highest BCUT2D eigenvalue weighted by molar-refractivity contribution is 6.78. The van der Waals surface area contributed by atoms with Gasteiger partial charge >= 0.3 is 0 Å². The smallest absolute Gasteiger partial charge is 0.0930 e. The van der Waals surface area contributed by atoms with Gasteiger partial charge in [-0.3, -0.25) is 0 Å². The minimum atomic E-state index is -2.08. The lowest BCUT2D eigenvalue weighted by Crippen LogP contribution is -2.45. The van der Waals surface area contributed by atoms with Crippen molar-refractivity contribution in [3.63, 3.8) is 0 Å². The molecule has 0 N–H and O–H groups in total. The van der Waals surface area contributed by atoms with Gasteiger partial charge in [-0.15, -0.1) is 0 Å². The maximum atomic E-state index is 6.27. The molecule has 0 saturated carbocycles. The molecule has 0 aliphatic carbocycles. The Morgan fingerprint density at radius 3 is 2.05 bits per heavy atom. The summed E-state index contributed by atoms with van der Waals surface area (Å²) in [7, 11) is 0. The van der Waals surface area contributed by atoms with Crippen LogP contribution in [0, 0.1) is 6.07 Å². The summed E-state index contributed by atoms with van der Waals surface area (Å²) in [6, 6.07) is 13.9. The Balaban J connectivity index is 2.57. The van der Waals surface area contributed by atoms with E-state index in [-0.39, 0.29) is 0 Å². The molecule has 0 saturated heterocycles. The quantitative estimate of drug-likeness (QED) is 0.477. The number of hydrogen-bond acceptors (Lipinski definition) is 0. The number of fused-ring (bicyclic) bond motifs is 1. The number of hydrogen-bond donors (Lipinski definition) is 0. The average molecular weight is 410 g/mol. The van der Waals surface area contributed by atoms with E-state index >= 15 is 0 Å². The molecule has 0 aromatic heterocycles. The van der Waals surface area contributed by atoms with Crippen LogP contribution in [-0.2, 0) is 4.33 Å². The number of benzene rings is 2. The molecule has 107 valence electrons. The molecule has 0 heterocycles. The number of alkyl halides is 7. The Kier molecular flexibility index (Phi) is 4.90. The Labute approximate surface area is 151 Å². The minimum Gasteiger partial charge on any atom is -0.0930 e. The highest BCUT2D eigenvalue weighted by Gasteiger charge is 2.60. The van der Waals surface area contributed by atoms with Gasteiger partial charge in [0.15, 0.2) is 4.33 Å². The second kappa shape index (κ2) is 5.74. The van der Waals surface area contributed by atoms with Crippen LogP contribution in [0.15, 0.2) is 36.4 Å². The second-order valence-corrected chi connectivity index (χ2v) is 9.06. The molecule has 2 rings (SSSR count). The van der Waals surface area contributed by atoms with Crippen molar-refractivity contribution < 1.29 is 0 Å². The lowest BCUT2D eigenvalue weighted by atomic mass is 10.0. The Hall–Kier alpha value is 0.730. The second-order valence-electron chi connectivity index (χ2n) is 4.12. The summed E-state index contributed by atoms with van der Waals surface area (Å²) >= 11 is 42.0. The third-order valence-electron chi connectivity index (χ3n) is 2.77. The Bertz CT molecular complexity index is 628. The van der Waals surface area contributed by atoms with Gasteiger partial charge in [-0.1, -0.05) is 105 Å². The number of rotatable bonds is 2. The predicted octanol–water partition coefficient (Wildman–Crippen LogP) is 6.81. The molecule has 20 heavy (non-hydrogen) atoms. The molecule has 0 unspecified atom stereocenters. The molecule has 0 bridgehead atoms. The summed E-state index contributed by atoms with van der Waals surface area (Å²) in [4.78, 5) is 0. The summed E-state index contributed by atoms with van der Waals surface area (Å²) in [6.45, 7) is 0. The minimum absolute atomic E-state index is 0.385. The standard InChI is InChI=1S/C13H6Cl7/c14-11(15,12(16,17)13(18,19)20)10-6-5-8-3-1-2-4-9(8)7-10/h1-4,6-7H. The lowest BCUT2D eigenvalue weighted by molar-refractivity contribution is 0.699. The first kappa shape index (κ1) is 17.1. The van der Waals surface area contributed by atoms with Gasteiger partial charge in [0.05, 0.1) is 0 Å². The van der Waals surface area contributed by atoms with Crippen LogP contribution < -0.4 is 0 Å². The zero-order chi connectivity index (χ0) is 15.2. The summed E-state index contributed by atoms with van der Waals surface area (Å²) in [5.74, 6) is 0. The maximum Gasteiger partial charge on any atom is 0.226 e. The first-order chi connectivity index (χ1) is 9.07. The Morgan fingerprint density at radius 1 is 0.850 bits per heavy atom. The molecule has 0 aliphatic heterocycles. The highest BCUT2D eigenvalue weighted by atomic mass is 35.6. The van der Waals surface area contributed by atoms with Crippen LogP contribution >= 0.6 is 81.2 Å². The summed E-state index contributed by atoms with van der Waals surface area (Å²) in [5.41, 5.74) is 0.385. The van der Waals surface area contributed by atoms with Crippen molar-refractivity contribution in [2.45, 2.75) is 12.5 Å². The van der Waals surface area contributed by atoms with E-state index in [0.29, 0.717) is 5.56 Å². The normalized spacial score (nSPS) is 13.8. The van der Waals surface area contributed by atoms with Gasteiger partial charge in [-0.25, -0.2) is 0 Å². The largest absolute Gasteiger partial charge is 0.226 e. The van der Waals surface area contributed by atoms with Gasteiger partial charge in [0, 0.05) is 0 Å². The van der Waals surface area contributed by atoms with Crippen LogP contribution in [0.4, 0.5) is 0 Å². The van der Waals surface area contributed by atoms with Gasteiger partial charge in [0.25, 0.3) is 0 Å². The first-order valence-corrected chi connectivity index (χ1v) is 7.95. The van der Waals surface area contributed by atoms with Gasteiger partial charge in [0.2, 0.25) is 8.13 Å². The molecule has 1 radical (unpaired) electrons. The monoisotopic (exact) mass is 407 g/mol. The molecule has 0 amide bonds. The molecule has 0 fully saturated rings. The lowest BCUT2D eigenvalue weighted by Gasteiger charge is -2.37. The van der Waals surface area contributed by atoms with E-state index in [1.54, 1.807) is 12.1 Å². The van der Waals surface area contributed by atoms with E-state index in [1.807, 2.05) is 24.3 Å². The van der Waals surface area contributed by atoms with Crippen molar-refractivity contribution in [2.75, 3.05) is 0 Å². The van der Waals surface area contributed by atoms with Crippen LogP contribution in [0.1, 0.15) is 5.56 Å². The highest BCUT2D eigenvalue weighted by Crippen LogP contribution is 2.60. The van der Waals surface area contributed by atoms with Gasteiger partial charge in [0.1, 0.15) is 0 Å². The fourth-order valence-corrected chi connectivity index (χ4v) is 3.09. The van der Waals surface area contributed by atoms with Crippen LogP contribution in [-0.4, -0.2) is 8.13 Å². The van der Waals surface area contributed by atoms with Crippen LogP contribution in [0.25, 0.3) is 10.8 Å². The van der Waals surface area contributed by atoms with Crippen molar-refractivity contribution in [1.29, 1.82) is 0 Å². The van der Waals surface area contributed by atoms with Crippen molar-refractivity contribution in [2.24, 2.45) is 0 Å². The van der Waals surface area contributed by atoms with Gasteiger partial charge in [-0.05, 0) is 34.5 Å². The molecule has 2 aromatic rings. The summed E-state index contributed by atoms with van der Waals surface area (Å²) in [6.07, 6.45) is 0. The van der Waals surface area contributed by atoms with E-state index in [2.05, 4.69) is 6.07 Å². The predicted molar refractivity (Wildman–Crippen MR) is 90.9 cm³/mol. The number of halogens is 7. The van der Waals surface area contributed by atoms with E-state index in [4.69, 9.17) is 81.2 Å². The molecule has 0 atom stereocenters. The van der Waals surface area contributed by atoms with Crippen molar-refractivity contribution >= 4 is 92.0 Å². The summed E-state index contributed by atoms with van der Waals surface area (Å²) < 4.78 is -5.96. The van der Waals surface area contributed by atoms with E-state index in [1.165, 1.54) is 0 Å². The summed E-state index contributed by atoms with van der Waals surface area (Å²) in [5, 5.41) is 1.76. The molecule has 0 spiro atoms. The third-order valence-corrected chi connectivity index (χ3v) is 6.72. The molecular formula is C13H6Cl7. The van der Waals surface area contributed by atoms with Gasteiger partial charge < -0.3 is 0 Å². The van der Waals surface area contributed by atoms with Crippen molar-refractivity contribution in [1.82, 2.24) is 0 Å². The topological polar surface area (TPSA) is 0 Å². The zero-order valence-corrected chi connectivity index (χ0v) is 14.9. The fourth-order valence-electron chi connectivity index (χ4n) is 1.66.